The average molecular weight is 308 g/mol. The van der Waals surface area contributed by atoms with Crippen molar-refractivity contribution in [2.45, 2.75) is 20.8 Å². The minimum absolute atomic E-state index is 0.205. The molecule has 0 fully saturated rings. The molecule has 0 aliphatic rings. The zero-order chi connectivity index (χ0) is 15.2. The Morgan fingerprint density at radius 2 is 1.86 bits per heavy atom. The molecule has 6 heteroatoms. The first kappa shape index (κ1) is 15.4. The van der Waals surface area contributed by atoms with Crippen molar-refractivity contribution in [3.05, 3.63) is 35.2 Å². The first-order chi connectivity index (χ1) is 10.1. The lowest BCUT2D eigenvalue weighted by Gasteiger charge is -2.14. The third-order valence-corrected chi connectivity index (χ3v) is 2.82. The number of rotatable bonds is 6. The molecule has 0 aliphatic carbocycles. The Kier molecular flexibility index (Phi) is 5.22. The molecule has 0 bridgehead atoms. The monoisotopic (exact) mass is 307 g/mol. The highest BCUT2D eigenvalue weighted by atomic mass is 35.5. The molecular formula is C15H18ClN3O2. The van der Waals surface area contributed by atoms with Gasteiger partial charge in [-0.2, -0.15) is 0 Å². The number of ether oxygens (including phenoxy) is 2. The van der Waals surface area contributed by atoms with Gasteiger partial charge in [0.15, 0.2) is 0 Å². The van der Waals surface area contributed by atoms with Crippen LogP contribution < -0.4 is 14.8 Å². The zero-order valence-corrected chi connectivity index (χ0v) is 13.1. The van der Waals surface area contributed by atoms with Gasteiger partial charge >= 0.3 is 0 Å². The second-order valence-corrected chi connectivity index (χ2v) is 4.65. The average Bonchev–Trinajstić information content (AvgIpc) is 2.41. The van der Waals surface area contributed by atoms with Crippen LogP contribution in [0.3, 0.4) is 0 Å². The number of nitrogens with zero attached hydrogens (tertiary/aromatic N) is 2. The van der Waals surface area contributed by atoms with E-state index >= 15 is 0 Å². The van der Waals surface area contributed by atoms with Crippen LogP contribution in [0.5, 0.6) is 11.5 Å². The number of halogens is 1. The van der Waals surface area contributed by atoms with Crippen molar-refractivity contribution in [1.82, 2.24) is 9.97 Å². The Balaban J connectivity index is 2.32. The number of aromatic nitrogens is 2. The van der Waals surface area contributed by atoms with Gasteiger partial charge in [-0.15, -0.1) is 0 Å². The summed E-state index contributed by atoms with van der Waals surface area (Å²) in [6, 6.07) is 7.43. The van der Waals surface area contributed by atoms with E-state index in [1.165, 1.54) is 0 Å². The van der Waals surface area contributed by atoms with E-state index in [4.69, 9.17) is 21.1 Å². The molecule has 2 aromatic rings. The number of nitrogens with one attached hydrogen (secondary N) is 1. The predicted molar refractivity (Wildman–Crippen MR) is 83.8 cm³/mol. The molecule has 0 radical (unpaired) electrons. The Labute approximate surface area is 129 Å². The molecule has 1 heterocycles. The van der Waals surface area contributed by atoms with Crippen LogP contribution in [-0.4, -0.2) is 23.2 Å². The Morgan fingerprint density at radius 1 is 1.10 bits per heavy atom. The van der Waals surface area contributed by atoms with Crippen LogP contribution in [0.1, 0.15) is 19.5 Å². The molecule has 0 saturated heterocycles. The highest BCUT2D eigenvalue weighted by Gasteiger charge is 2.08. The van der Waals surface area contributed by atoms with Gasteiger partial charge in [0.2, 0.25) is 5.28 Å². The largest absolute Gasteiger partial charge is 0.494 e. The van der Waals surface area contributed by atoms with Crippen LogP contribution in [0.2, 0.25) is 5.28 Å². The molecule has 112 valence electrons. The summed E-state index contributed by atoms with van der Waals surface area (Å²) < 4.78 is 11.1. The minimum atomic E-state index is 0.205. The molecule has 0 unspecified atom stereocenters. The molecule has 0 saturated carbocycles. The summed E-state index contributed by atoms with van der Waals surface area (Å²) in [6.45, 7) is 6.92. The smallest absolute Gasteiger partial charge is 0.224 e. The van der Waals surface area contributed by atoms with E-state index in [-0.39, 0.29) is 5.28 Å². The topological polar surface area (TPSA) is 56.3 Å². The molecule has 1 aromatic heterocycles. The van der Waals surface area contributed by atoms with E-state index in [9.17, 15) is 0 Å². The van der Waals surface area contributed by atoms with Crippen molar-refractivity contribution in [2.24, 2.45) is 0 Å². The lowest BCUT2D eigenvalue weighted by molar-refractivity contribution is 0.332. The van der Waals surface area contributed by atoms with Gasteiger partial charge in [-0.1, -0.05) is 0 Å². The van der Waals surface area contributed by atoms with Crippen LogP contribution >= 0.6 is 11.6 Å². The summed E-state index contributed by atoms with van der Waals surface area (Å²) in [4.78, 5) is 8.19. The lowest BCUT2D eigenvalue weighted by atomic mass is 10.2. The number of benzene rings is 1. The van der Waals surface area contributed by atoms with Crippen LogP contribution in [0.15, 0.2) is 24.3 Å². The van der Waals surface area contributed by atoms with E-state index in [1.54, 1.807) is 0 Å². The summed E-state index contributed by atoms with van der Waals surface area (Å²) in [5.74, 6) is 2.11. The SMILES string of the molecule is CCOc1ccc(OCC)c(Nc2cc(C)nc(Cl)n2)c1. The number of anilines is 2. The van der Waals surface area contributed by atoms with Crippen molar-refractivity contribution in [1.29, 1.82) is 0 Å². The molecule has 5 nitrogen and oxygen atoms in total. The quantitative estimate of drug-likeness (QED) is 0.818. The van der Waals surface area contributed by atoms with E-state index in [0.29, 0.717) is 19.0 Å². The lowest BCUT2D eigenvalue weighted by Crippen LogP contribution is -2.01. The number of hydrogen-bond donors (Lipinski definition) is 1. The van der Waals surface area contributed by atoms with Crippen LogP contribution in [0.25, 0.3) is 0 Å². The van der Waals surface area contributed by atoms with Crippen molar-refractivity contribution >= 4 is 23.1 Å². The zero-order valence-electron chi connectivity index (χ0n) is 12.3. The second-order valence-electron chi connectivity index (χ2n) is 4.31. The van der Waals surface area contributed by atoms with Crippen molar-refractivity contribution < 1.29 is 9.47 Å². The summed E-state index contributed by atoms with van der Waals surface area (Å²) in [7, 11) is 0. The van der Waals surface area contributed by atoms with Gasteiger partial charge in [0.05, 0.1) is 18.9 Å². The summed E-state index contributed by atoms with van der Waals surface area (Å²) >= 11 is 5.88. The van der Waals surface area contributed by atoms with E-state index in [2.05, 4.69) is 15.3 Å². The first-order valence-electron chi connectivity index (χ1n) is 6.80. The van der Waals surface area contributed by atoms with Crippen LogP contribution in [-0.2, 0) is 0 Å². The predicted octanol–water partition coefficient (Wildman–Crippen LogP) is 3.98. The maximum atomic E-state index is 5.88. The highest BCUT2D eigenvalue weighted by molar-refractivity contribution is 6.28. The van der Waals surface area contributed by atoms with E-state index in [1.807, 2.05) is 45.0 Å². The van der Waals surface area contributed by atoms with E-state index in [0.717, 1.165) is 22.9 Å². The van der Waals surface area contributed by atoms with Gasteiger partial charge in [-0.3, -0.25) is 0 Å². The number of hydrogen-bond acceptors (Lipinski definition) is 5. The van der Waals surface area contributed by atoms with Crippen molar-refractivity contribution in [2.75, 3.05) is 18.5 Å². The molecule has 0 spiro atoms. The molecular weight excluding hydrogens is 290 g/mol. The first-order valence-corrected chi connectivity index (χ1v) is 7.18. The normalized spacial score (nSPS) is 10.3. The standard InChI is InChI=1S/C15H18ClN3O2/c1-4-20-11-6-7-13(21-5-2)12(9-11)18-14-8-10(3)17-15(16)19-14/h6-9H,4-5H2,1-3H3,(H,17,18,19). The fourth-order valence-electron chi connectivity index (χ4n) is 1.88. The summed E-state index contributed by atoms with van der Waals surface area (Å²) in [6.07, 6.45) is 0. The Hall–Kier alpha value is -2.01. The summed E-state index contributed by atoms with van der Waals surface area (Å²) in [5, 5.41) is 3.40. The molecule has 0 atom stereocenters. The van der Waals surface area contributed by atoms with Gasteiger partial charge in [0, 0.05) is 17.8 Å². The van der Waals surface area contributed by atoms with Gasteiger partial charge in [0.1, 0.15) is 17.3 Å². The maximum Gasteiger partial charge on any atom is 0.224 e. The molecule has 1 aromatic carbocycles. The van der Waals surface area contributed by atoms with Crippen LogP contribution in [0.4, 0.5) is 11.5 Å². The van der Waals surface area contributed by atoms with Gasteiger partial charge in [-0.05, 0) is 44.5 Å². The summed E-state index contributed by atoms with van der Waals surface area (Å²) in [5.41, 5.74) is 1.56. The molecule has 2 rings (SSSR count). The maximum absolute atomic E-state index is 5.88. The highest BCUT2D eigenvalue weighted by Crippen LogP contribution is 2.31. The van der Waals surface area contributed by atoms with Crippen molar-refractivity contribution in [3.63, 3.8) is 0 Å². The number of aryl methyl sites for hydroxylation is 1. The fraction of sp³-hybridized carbons (Fsp3) is 0.333. The second kappa shape index (κ2) is 7.13. The molecule has 21 heavy (non-hydrogen) atoms. The molecule has 0 amide bonds. The minimum Gasteiger partial charge on any atom is -0.494 e. The third kappa shape index (κ3) is 4.23. The Bertz CT molecular complexity index is 600. The van der Waals surface area contributed by atoms with Crippen LogP contribution in [0, 0.1) is 6.92 Å². The Morgan fingerprint density at radius 3 is 2.52 bits per heavy atom. The molecule has 0 aliphatic heterocycles. The van der Waals surface area contributed by atoms with Gasteiger partial charge in [-0.25, -0.2) is 9.97 Å². The fourth-order valence-corrected chi connectivity index (χ4v) is 2.10. The third-order valence-electron chi connectivity index (χ3n) is 2.65. The van der Waals surface area contributed by atoms with Gasteiger partial charge < -0.3 is 14.8 Å². The van der Waals surface area contributed by atoms with Gasteiger partial charge in [0.25, 0.3) is 0 Å². The van der Waals surface area contributed by atoms with Crippen molar-refractivity contribution in [3.8, 4) is 11.5 Å². The van der Waals surface area contributed by atoms with E-state index < -0.39 is 0 Å². The molecule has 1 N–H and O–H groups in total.